The van der Waals surface area contributed by atoms with E-state index in [1.54, 1.807) is 18.2 Å². The van der Waals surface area contributed by atoms with E-state index in [-0.39, 0.29) is 18.3 Å². The predicted octanol–water partition coefficient (Wildman–Crippen LogP) is 3.78. The largest absolute Gasteiger partial charge is 0.496 e. The summed E-state index contributed by atoms with van der Waals surface area (Å²) >= 11 is 0. The first-order chi connectivity index (χ1) is 16.5. The number of carbonyl (C=O) groups is 1. The zero-order valence-electron chi connectivity index (χ0n) is 19.1. The van der Waals surface area contributed by atoms with Crippen LogP contribution in [0.4, 0.5) is 0 Å². The molecule has 0 aromatic heterocycles. The summed E-state index contributed by atoms with van der Waals surface area (Å²) in [6, 6.07) is 20.5. The number of nitrogens with one attached hydrogen (secondary N) is 1. The van der Waals surface area contributed by atoms with Crippen LogP contribution in [-0.4, -0.2) is 55.2 Å². The number of aliphatic hydroxyl groups is 1. The van der Waals surface area contributed by atoms with E-state index in [2.05, 4.69) is 11.4 Å². The molecule has 7 heteroatoms. The lowest BCUT2D eigenvalue weighted by Gasteiger charge is -2.27. The van der Waals surface area contributed by atoms with E-state index in [1.165, 1.54) is 7.11 Å². The lowest BCUT2D eigenvalue weighted by Crippen LogP contribution is -2.39. The molecule has 1 aliphatic rings. The molecule has 1 heterocycles. The molecule has 34 heavy (non-hydrogen) atoms. The number of aliphatic hydroxyl groups excluding tert-OH is 1. The van der Waals surface area contributed by atoms with Crippen molar-refractivity contribution >= 4 is 5.97 Å². The summed E-state index contributed by atoms with van der Waals surface area (Å²) in [6.07, 6.45) is 1.15. The van der Waals surface area contributed by atoms with Gasteiger partial charge < -0.3 is 29.7 Å². The minimum atomic E-state index is -1.02. The van der Waals surface area contributed by atoms with Gasteiger partial charge in [-0.1, -0.05) is 30.3 Å². The third kappa shape index (κ3) is 5.87. The predicted molar refractivity (Wildman–Crippen MR) is 129 cm³/mol. The molecule has 0 aliphatic carbocycles. The Labute approximate surface area is 198 Å². The number of benzene rings is 3. The number of aromatic carboxylic acids is 1. The highest BCUT2D eigenvalue weighted by atomic mass is 16.5. The maximum atomic E-state index is 11.3. The molecule has 0 fully saturated rings. The van der Waals surface area contributed by atoms with E-state index in [0.717, 1.165) is 41.0 Å². The van der Waals surface area contributed by atoms with Gasteiger partial charge in [-0.15, -0.1) is 0 Å². The van der Waals surface area contributed by atoms with Crippen LogP contribution in [0.3, 0.4) is 0 Å². The van der Waals surface area contributed by atoms with Crippen molar-refractivity contribution in [1.29, 1.82) is 0 Å². The molecule has 3 aromatic carbocycles. The third-order valence-electron chi connectivity index (χ3n) is 5.79. The van der Waals surface area contributed by atoms with Crippen molar-refractivity contribution in [3.63, 3.8) is 0 Å². The van der Waals surface area contributed by atoms with Crippen molar-refractivity contribution < 1.29 is 29.2 Å². The van der Waals surface area contributed by atoms with Crippen LogP contribution in [0.25, 0.3) is 11.1 Å². The number of carboxylic acid groups (broad SMARTS) is 1. The molecule has 0 spiro atoms. The highest BCUT2D eigenvalue weighted by Gasteiger charge is 2.21. The summed E-state index contributed by atoms with van der Waals surface area (Å²) in [5, 5.41) is 22.7. The number of hydrogen-bond donors (Lipinski definition) is 3. The summed E-state index contributed by atoms with van der Waals surface area (Å²) in [5.74, 6) is 0.910. The second-order valence-corrected chi connectivity index (χ2v) is 8.26. The first-order valence-electron chi connectivity index (χ1n) is 11.3. The number of rotatable bonds is 10. The van der Waals surface area contributed by atoms with Gasteiger partial charge in [0, 0.05) is 13.1 Å². The van der Waals surface area contributed by atoms with E-state index in [0.29, 0.717) is 18.8 Å². The van der Waals surface area contributed by atoms with Gasteiger partial charge in [-0.05, 0) is 65.9 Å². The van der Waals surface area contributed by atoms with Gasteiger partial charge >= 0.3 is 5.97 Å². The highest BCUT2D eigenvalue weighted by molar-refractivity contribution is 5.92. The van der Waals surface area contributed by atoms with Gasteiger partial charge in [0.2, 0.25) is 0 Å². The Kier molecular flexibility index (Phi) is 7.67. The second kappa shape index (κ2) is 11.0. The number of para-hydroxylation sites is 1. The monoisotopic (exact) mass is 463 g/mol. The fourth-order valence-corrected chi connectivity index (χ4v) is 3.99. The number of fused-ring (bicyclic) bond motifs is 1. The molecule has 0 saturated heterocycles. The fraction of sp³-hybridized carbons (Fsp3) is 0.296. The standard InChI is InChI=1S/C27H29NO6/c1-32-26-14-19(8-11-24(26)27(30)31)18-9-12-25-20(13-18)7-10-23(34-25)16-28-15-21(29)17-33-22-5-3-2-4-6-22/h2-6,8-9,11-14,21,23,28-29H,7,10,15-17H2,1H3,(H,30,31). The fourth-order valence-electron chi connectivity index (χ4n) is 3.99. The Morgan fingerprint density at radius 1 is 1.12 bits per heavy atom. The van der Waals surface area contributed by atoms with Crippen LogP contribution in [0, 0.1) is 0 Å². The first-order valence-corrected chi connectivity index (χ1v) is 11.3. The quantitative estimate of drug-likeness (QED) is 0.421. The average molecular weight is 464 g/mol. The van der Waals surface area contributed by atoms with Gasteiger partial charge in [-0.25, -0.2) is 4.79 Å². The zero-order chi connectivity index (χ0) is 23.9. The van der Waals surface area contributed by atoms with Crippen molar-refractivity contribution in [2.75, 3.05) is 26.8 Å². The first kappa shape index (κ1) is 23.6. The third-order valence-corrected chi connectivity index (χ3v) is 5.79. The molecule has 1 aliphatic heterocycles. The van der Waals surface area contributed by atoms with Gasteiger partial charge in [0.1, 0.15) is 41.6 Å². The zero-order valence-corrected chi connectivity index (χ0v) is 19.1. The lowest BCUT2D eigenvalue weighted by molar-refractivity contribution is 0.0693. The number of aryl methyl sites for hydroxylation is 1. The molecule has 7 nitrogen and oxygen atoms in total. The molecule has 0 radical (unpaired) electrons. The summed E-state index contributed by atoms with van der Waals surface area (Å²) in [4.78, 5) is 11.3. The highest BCUT2D eigenvalue weighted by Crippen LogP contribution is 2.34. The minimum absolute atomic E-state index is 0.0236. The normalized spacial score (nSPS) is 15.6. The maximum Gasteiger partial charge on any atom is 0.339 e. The molecule has 2 atom stereocenters. The summed E-state index contributed by atoms with van der Waals surface area (Å²) < 4.78 is 17.0. The smallest absolute Gasteiger partial charge is 0.339 e. The van der Waals surface area contributed by atoms with E-state index >= 15 is 0 Å². The van der Waals surface area contributed by atoms with Gasteiger partial charge in [-0.2, -0.15) is 0 Å². The van der Waals surface area contributed by atoms with Crippen molar-refractivity contribution in [2.45, 2.75) is 25.0 Å². The Morgan fingerprint density at radius 3 is 2.65 bits per heavy atom. The Bertz CT molecular complexity index is 1120. The van der Waals surface area contributed by atoms with Gasteiger partial charge in [0.05, 0.1) is 7.11 Å². The molecular formula is C27H29NO6. The number of ether oxygens (including phenoxy) is 3. The van der Waals surface area contributed by atoms with Crippen LogP contribution < -0.4 is 19.5 Å². The molecule has 2 unspecified atom stereocenters. The summed E-state index contributed by atoms with van der Waals surface area (Å²) in [7, 11) is 1.47. The van der Waals surface area contributed by atoms with E-state index in [9.17, 15) is 15.0 Å². The average Bonchev–Trinajstić information content (AvgIpc) is 2.87. The van der Waals surface area contributed by atoms with Crippen LogP contribution in [-0.2, 0) is 6.42 Å². The summed E-state index contributed by atoms with van der Waals surface area (Å²) in [5.41, 5.74) is 3.13. The second-order valence-electron chi connectivity index (χ2n) is 8.26. The van der Waals surface area contributed by atoms with E-state index in [1.807, 2.05) is 42.5 Å². The Balaban J connectivity index is 1.29. The van der Waals surface area contributed by atoms with Crippen LogP contribution in [0.15, 0.2) is 66.7 Å². The molecule has 3 N–H and O–H groups in total. The number of methoxy groups -OCH3 is 1. The molecular weight excluding hydrogens is 434 g/mol. The van der Waals surface area contributed by atoms with Crippen LogP contribution in [0.1, 0.15) is 22.3 Å². The lowest BCUT2D eigenvalue weighted by atomic mass is 9.96. The van der Waals surface area contributed by atoms with Crippen molar-refractivity contribution in [2.24, 2.45) is 0 Å². The molecule has 178 valence electrons. The van der Waals surface area contributed by atoms with Crippen LogP contribution in [0.2, 0.25) is 0 Å². The minimum Gasteiger partial charge on any atom is -0.496 e. The number of hydrogen-bond acceptors (Lipinski definition) is 6. The van der Waals surface area contributed by atoms with Crippen molar-refractivity contribution in [1.82, 2.24) is 5.32 Å². The van der Waals surface area contributed by atoms with Crippen LogP contribution >= 0.6 is 0 Å². The van der Waals surface area contributed by atoms with Crippen molar-refractivity contribution in [3.05, 3.63) is 77.9 Å². The van der Waals surface area contributed by atoms with E-state index < -0.39 is 12.1 Å². The SMILES string of the molecule is COc1cc(-c2ccc3c(c2)CCC(CNCC(O)COc2ccccc2)O3)ccc1C(=O)O. The van der Waals surface area contributed by atoms with E-state index in [4.69, 9.17) is 14.2 Å². The van der Waals surface area contributed by atoms with Gasteiger partial charge in [0.15, 0.2) is 0 Å². The molecule has 0 amide bonds. The Morgan fingerprint density at radius 2 is 1.88 bits per heavy atom. The van der Waals surface area contributed by atoms with Gasteiger partial charge in [0.25, 0.3) is 0 Å². The topological polar surface area (TPSA) is 97.3 Å². The molecule has 0 bridgehead atoms. The Hall–Kier alpha value is -3.55. The number of carboxylic acids is 1. The molecule has 0 saturated carbocycles. The molecule has 3 aromatic rings. The molecule has 4 rings (SSSR count). The summed E-state index contributed by atoms with van der Waals surface area (Å²) in [6.45, 7) is 1.29. The maximum absolute atomic E-state index is 11.3. The van der Waals surface area contributed by atoms with Crippen molar-refractivity contribution in [3.8, 4) is 28.4 Å². The van der Waals surface area contributed by atoms with Gasteiger partial charge in [-0.3, -0.25) is 0 Å². The van der Waals surface area contributed by atoms with Crippen LogP contribution in [0.5, 0.6) is 17.2 Å².